The van der Waals surface area contributed by atoms with E-state index in [0.717, 1.165) is 18.7 Å². The maximum atomic E-state index is 12.1. The second kappa shape index (κ2) is 6.45. The smallest absolute Gasteiger partial charge is 0.227 e. The Bertz CT molecular complexity index is 699. The van der Waals surface area contributed by atoms with Crippen LogP contribution in [0.2, 0.25) is 0 Å². The molecule has 8 heteroatoms. The molecule has 1 aliphatic rings. The highest BCUT2D eigenvalue weighted by atomic mass is 32.2. The van der Waals surface area contributed by atoms with Gasteiger partial charge in [0.25, 0.3) is 0 Å². The SMILES string of the molecule is Nc1nnc(SCC(=O)c2ccc(N3CCCC3=O)cc2)s1. The molecule has 2 heterocycles. The minimum Gasteiger partial charge on any atom is -0.374 e. The topological polar surface area (TPSA) is 89.2 Å². The van der Waals surface area contributed by atoms with Crippen molar-refractivity contribution in [3.05, 3.63) is 29.8 Å². The van der Waals surface area contributed by atoms with Crippen LogP contribution in [0.25, 0.3) is 0 Å². The zero-order chi connectivity index (χ0) is 15.5. The second-order valence-corrected chi connectivity index (χ2v) is 7.05. The van der Waals surface area contributed by atoms with Crippen LogP contribution in [-0.4, -0.2) is 34.2 Å². The summed E-state index contributed by atoms with van der Waals surface area (Å²) in [4.78, 5) is 25.6. The number of ketones is 1. The molecule has 1 saturated heterocycles. The Morgan fingerprint density at radius 1 is 1.32 bits per heavy atom. The molecule has 114 valence electrons. The van der Waals surface area contributed by atoms with Gasteiger partial charge in [0.15, 0.2) is 10.1 Å². The number of hydrogen-bond acceptors (Lipinski definition) is 7. The highest BCUT2D eigenvalue weighted by Gasteiger charge is 2.21. The summed E-state index contributed by atoms with van der Waals surface area (Å²) in [5, 5.41) is 7.97. The largest absolute Gasteiger partial charge is 0.374 e. The van der Waals surface area contributed by atoms with Crippen LogP contribution in [0.1, 0.15) is 23.2 Å². The van der Waals surface area contributed by atoms with Crippen molar-refractivity contribution < 1.29 is 9.59 Å². The predicted octanol–water partition coefficient (Wildman–Crippen LogP) is 2.22. The van der Waals surface area contributed by atoms with Gasteiger partial charge in [0, 0.05) is 24.2 Å². The Balaban J connectivity index is 1.62. The highest BCUT2D eigenvalue weighted by Crippen LogP contribution is 2.25. The zero-order valence-electron chi connectivity index (χ0n) is 11.7. The molecule has 6 nitrogen and oxygen atoms in total. The zero-order valence-corrected chi connectivity index (χ0v) is 13.3. The first-order valence-corrected chi connectivity index (χ1v) is 8.59. The Kier molecular flexibility index (Phi) is 4.39. The van der Waals surface area contributed by atoms with Crippen LogP contribution >= 0.6 is 23.1 Å². The van der Waals surface area contributed by atoms with Crippen molar-refractivity contribution >= 4 is 45.6 Å². The molecule has 0 radical (unpaired) electrons. The minimum absolute atomic E-state index is 0.0121. The predicted molar refractivity (Wildman–Crippen MR) is 87.4 cm³/mol. The quantitative estimate of drug-likeness (QED) is 0.666. The molecular weight excluding hydrogens is 320 g/mol. The summed E-state index contributed by atoms with van der Waals surface area (Å²) in [6.07, 6.45) is 1.49. The molecule has 1 fully saturated rings. The third-order valence-corrected chi connectivity index (χ3v) is 5.21. The van der Waals surface area contributed by atoms with Gasteiger partial charge in [0.2, 0.25) is 11.0 Å². The lowest BCUT2D eigenvalue weighted by Gasteiger charge is -2.15. The number of nitrogens with two attached hydrogens (primary N) is 1. The normalized spacial score (nSPS) is 14.5. The molecule has 1 amide bonds. The lowest BCUT2D eigenvalue weighted by Crippen LogP contribution is -2.23. The summed E-state index contributed by atoms with van der Waals surface area (Å²) < 4.78 is 0.685. The summed E-state index contributed by atoms with van der Waals surface area (Å²) in [6.45, 7) is 0.750. The molecule has 0 bridgehead atoms. The third kappa shape index (κ3) is 3.28. The fourth-order valence-corrected chi connectivity index (χ4v) is 3.77. The number of benzene rings is 1. The molecule has 1 aromatic carbocycles. The van der Waals surface area contributed by atoms with E-state index in [-0.39, 0.29) is 17.4 Å². The molecule has 2 N–H and O–H groups in total. The van der Waals surface area contributed by atoms with E-state index in [1.165, 1.54) is 23.1 Å². The van der Waals surface area contributed by atoms with E-state index in [2.05, 4.69) is 10.2 Å². The number of nitrogens with zero attached hydrogens (tertiary/aromatic N) is 3. The van der Waals surface area contributed by atoms with Crippen LogP contribution in [0.4, 0.5) is 10.8 Å². The standard InChI is InChI=1S/C14H14N4O2S2/c15-13-16-17-14(22-13)21-8-11(19)9-3-5-10(6-4-9)18-7-1-2-12(18)20/h3-6H,1-2,7-8H2,(H2,15,16). The molecule has 0 spiro atoms. The van der Waals surface area contributed by atoms with Crippen molar-refractivity contribution in [2.24, 2.45) is 0 Å². The van der Waals surface area contributed by atoms with Gasteiger partial charge < -0.3 is 10.6 Å². The number of nitrogen functional groups attached to an aromatic ring is 1. The Morgan fingerprint density at radius 3 is 2.68 bits per heavy atom. The molecule has 0 aliphatic carbocycles. The number of carbonyl (C=O) groups is 2. The Hall–Kier alpha value is -1.93. The second-order valence-electron chi connectivity index (χ2n) is 4.81. The van der Waals surface area contributed by atoms with Gasteiger partial charge in [0.05, 0.1) is 5.75 Å². The van der Waals surface area contributed by atoms with Crippen molar-refractivity contribution in [1.82, 2.24) is 10.2 Å². The number of Topliss-reactive ketones (excluding diaryl/α,β-unsaturated/α-hetero) is 1. The van der Waals surface area contributed by atoms with Crippen molar-refractivity contribution in [2.45, 2.75) is 17.2 Å². The fourth-order valence-electron chi connectivity index (χ4n) is 2.24. The van der Waals surface area contributed by atoms with Crippen molar-refractivity contribution in [1.29, 1.82) is 0 Å². The molecule has 0 unspecified atom stereocenters. The summed E-state index contributed by atoms with van der Waals surface area (Å²) in [6, 6.07) is 7.17. The molecule has 0 saturated carbocycles. The summed E-state index contributed by atoms with van der Waals surface area (Å²) >= 11 is 2.59. The van der Waals surface area contributed by atoms with Crippen LogP contribution in [-0.2, 0) is 4.79 Å². The van der Waals surface area contributed by atoms with Crippen LogP contribution < -0.4 is 10.6 Å². The Morgan fingerprint density at radius 2 is 2.09 bits per heavy atom. The first-order valence-electron chi connectivity index (χ1n) is 6.79. The lowest BCUT2D eigenvalue weighted by atomic mass is 10.1. The summed E-state index contributed by atoms with van der Waals surface area (Å²) in [5.41, 5.74) is 6.97. The molecule has 3 rings (SSSR count). The van der Waals surface area contributed by atoms with E-state index >= 15 is 0 Å². The molecule has 1 aromatic heterocycles. The first-order chi connectivity index (χ1) is 10.6. The third-order valence-electron chi connectivity index (χ3n) is 3.32. The van der Waals surface area contributed by atoms with E-state index in [4.69, 9.17) is 5.73 Å². The van der Waals surface area contributed by atoms with E-state index in [0.29, 0.717) is 21.5 Å². The molecule has 1 aliphatic heterocycles. The van der Waals surface area contributed by atoms with Gasteiger partial charge in [0.1, 0.15) is 0 Å². The van der Waals surface area contributed by atoms with Gasteiger partial charge in [-0.25, -0.2) is 0 Å². The lowest BCUT2D eigenvalue weighted by molar-refractivity contribution is -0.117. The number of rotatable bonds is 5. The van der Waals surface area contributed by atoms with Crippen LogP contribution in [0.3, 0.4) is 0 Å². The van der Waals surface area contributed by atoms with Crippen LogP contribution in [0, 0.1) is 0 Å². The molecule has 0 atom stereocenters. The monoisotopic (exact) mass is 334 g/mol. The average molecular weight is 334 g/mol. The van der Waals surface area contributed by atoms with E-state index in [1.54, 1.807) is 17.0 Å². The van der Waals surface area contributed by atoms with Crippen molar-refractivity contribution in [3.63, 3.8) is 0 Å². The maximum Gasteiger partial charge on any atom is 0.227 e. The van der Waals surface area contributed by atoms with Crippen molar-refractivity contribution in [3.8, 4) is 0 Å². The van der Waals surface area contributed by atoms with Crippen molar-refractivity contribution in [2.75, 3.05) is 22.9 Å². The summed E-state index contributed by atoms with van der Waals surface area (Å²) in [5.74, 6) is 0.443. The average Bonchev–Trinajstić information content (AvgIpc) is 3.13. The number of amides is 1. The van der Waals surface area contributed by atoms with E-state index < -0.39 is 0 Å². The van der Waals surface area contributed by atoms with Crippen LogP contribution in [0.5, 0.6) is 0 Å². The number of thioether (sulfide) groups is 1. The van der Waals surface area contributed by atoms with Crippen LogP contribution in [0.15, 0.2) is 28.6 Å². The van der Waals surface area contributed by atoms with Gasteiger partial charge in [-0.05, 0) is 30.7 Å². The van der Waals surface area contributed by atoms with E-state index in [1.807, 2.05) is 12.1 Å². The van der Waals surface area contributed by atoms with Gasteiger partial charge >= 0.3 is 0 Å². The fraction of sp³-hybridized carbons (Fsp3) is 0.286. The summed E-state index contributed by atoms with van der Waals surface area (Å²) in [7, 11) is 0. The van der Waals surface area contributed by atoms with Gasteiger partial charge in [-0.1, -0.05) is 23.1 Å². The minimum atomic E-state index is 0.0121. The maximum absolute atomic E-state index is 12.1. The number of carbonyl (C=O) groups excluding carboxylic acids is 2. The van der Waals surface area contributed by atoms with E-state index in [9.17, 15) is 9.59 Å². The molecule has 2 aromatic rings. The molecule has 22 heavy (non-hydrogen) atoms. The number of anilines is 2. The number of aromatic nitrogens is 2. The first kappa shape index (κ1) is 15.0. The highest BCUT2D eigenvalue weighted by molar-refractivity contribution is 8.01. The number of hydrogen-bond donors (Lipinski definition) is 1. The molecular formula is C14H14N4O2S2. The Labute approximate surface area is 135 Å². The van der Waals surface area contributed by atoms with Gasteiger partial charge in [-0.15, -0.1) is 10.2 Å². The van der Waals surface area contributed by atoms with Gasteiger partial charge in [-0.2, -0.15) is 0 Å². The van der Waals surface area contributed by atoms with Gasteiger partial charge in [-0.3, -0.25) is 9.59 Å².